The Bertz CT molecular complexity index is 247. The van der Waals surface area contributed by atoms with Crippen molar-refractivity contribution in [1.29, 1.82) is 0 Å². The van der Waals surface area contributed by atoms with E-state index < -0.39 is 5.97 Å². The minimum atomic E-state index is -0.919. The fourth-order valence-electron chi connectivity index (χ4n) is 1.97. The minimum absolute atomic E-state index is 0.227. The molecule has 1 saturated heterocycles. The van der Waals surface area contributed by atoms with Gasteiger partial charge in [0.2, 0.25) is 0 Å². The third-order valence-electron chi connectivity index (χ3n) is 2.95. The third-order valence-corrected chi connectivity index (χ3v) is 2.95. The maximum atomic E-state index is 10.6. The first-order valence-corrected chi connectivity index (χ1v) is 5.96. The summed E-state index contributed by atoms with van der Waals surface area (Å²) in [5.74, 6) is -0.919. The van der Waals surface area contributed by atoms with Crippen molar-refractivity contribution >= 4 is 5.97 Å². The molecule has 16 heavy (non-hydrogen) atoms. The van der Waals surface area contributed by atoms with Gasteiger partial charge >= 0.3 is 5.97 Å². The van der Waals surface area contributed by atoms with Crippen molar-refractivity contribution in [2.45, 2.75) is 32.2 Å². The summed E-state index contributed by atoms with van der Waals surface area (Å²) < 4.78 is 0. The molecule has 1 fully saturated rings. The van der Waals surface area contributed by atoms with Gasteiger partial charge < -0.3 is 15.3 Å². The van der Waals surface area contributed by atoms with E-state index in [1.165, 1.54) is 32.4 Å². The second-order valence-electron chi connectivity index (χ2n) is 4.55. The lowest BCUT2D eigenvalue weighted by molar-refractivity contribution is -0.132. The Morgan fingerprint density at radius 1 is 1.44 bits per heavy atom. The van der Waals surface area contributed by atoms with Crippen molar-refractivity contribution in [2.75, 3.05) is 26.2 Å². The van der Waals surface area contributed by atoms with Crippen LogP contribution in [0.15, 0.2) is 12.2 Å². The van der Waals surface area contributed by atoms with E-state index in [2.05, 4.69) is 23.7 Å². The average molecular weight is 226 g/mol. The Morgan fingerprint density at radius 3 is 2.62 bits per heavy atom. The van der Waals surface area contributed by atoms with Crippen LogP contribution in [0.25, 0.3) is 0 Å². The number of piperidine rings is 1. The first kappa shape index (κ1) is 13.2. The van der Waals surface area contributed by atoms with E-state index in [0.29, 0.717) is 12.6 Å². The van der Waals surface area contributed by atoms with Crippen LogP contribution in [0.1, 0.15) is 26.2 Å². The molecule has 2 N–H and O–H groups in total. The predicted octanol–water partition coefficient (Wildman–Crippen LogP) is 1.09. The largest absolute Gasteiger partial charge is 0.478 e. The Kier molecular flexibility index (Phi) is 5.49. The lowest BCUT2D eigenvalue weighted by Gasteiger charge is -2.29. The lowest BCUT2D eigenvalue weighted by atomic mass is 10.1. The van der Waals surface area contributed by atoms with Gasteiger partial charge in [0.1, 0.15) is 0 Å². The molecule has 0 aromatic heterocycles. The molecule has 1 aliphatic rings. The second kappa shape index (κ2) is 6.66. The van der Waals surface area contributed by atoms with Crippen molar-refractivity contribution in [3.05, 3.63) is 12.2 Å². The number of aliphatic carboxylic acids is 1. The topological polar surface area (TPSA) is 52.6 Å². The van der Waals surface area contributed by atoms with Crippen LogP contribution < -0.4 is 5.32 Å². The Labute approximate surface area is 97.3 Å². The van der Waals surface area contributed by atoms with Crippen LogP contribution in [0.3, 0.4) is 0 Å². The zero-order chi connectivity index (χ0) is 12.0. The van der Waals surface area contributed by atoms with Crippen molar-refractivity contribution in [2.24, 2.45) is 0 Å². The Morgan fingerprint density at radius 2 is 2.06 bits per heavy atom. The maximum Gasteiger partial charge on any atom is 0.332 e. The molecule has 0 bridgehead atoms. The number of hydrogen-bond acceptors (Lipinski definition) is 3. The Hall–Kier alpha value is -0.870. The minimum Gasteiger partial charge on any atom is -0.478 e. The van der Waals surface area contributed by atoms with Gasteiger partial charge in [0.05, 0.1) is 0 Å². The quantitative estimate of drug-likeness (QED) is 0.666. The molecule has 92 valence electrons. The molecule has 0 amide bonds. The number of rotatable bonds is 6. The van der Waals surface area contributed by atoms with Crippen molar-refractivity contribution in [3.8, 4) is 0 Å². The molecule has 0 aromatic rings. The lowest BCUT2D eigenvalue weighted by Crippen LogP contribution is -2.42. The SMILES string of the molecule is C=C(CNC(C)CN1CCCCC1)C(=O)O. The van der Waals surface area contributed by atoms with E-state index in [1.54, 1.807) is 0 Å². The van der Waals surface area contributed by atoms with Gasteiger partial charge in [0.25, 0.3) is 0 Å². The maximum absolute atomic E-state index is 10.6. The van der Waals surface area contributed by atoms with Crippen LogP contribution >= 0.6 is 0 Å². The highest BCUT2D eigenvalue weighted by molar-refractivity contribution is 5.86. The van der Waals surface area contributed by atoms with Crippen molar-refractivity contribution in [3.63, 3.8) is 0 Å². The van der Waals surface area contributed by atoms with Gasteiger partial charge in [0.15, 0.2) is 0 Å². The van der Waals surface area contributed by atoms with Gasteiger partial charge in [0, 0.05) is 24.7 Å². The highest BCUT2D eigenvalue weighted by Gasteiger charge is 2.13. The summed E-state index contributed by atoms with van der Waals surface area (Å²) in [6.45, 7) is 9.29. The van der Waals surface area contributed by atoms with E-state index in [0.717, 1.165) is 6.54 Å². The molecular weight excluding hydrogens is 204 g/mol. The van der Waals surface area contributed by atoms with E-state index in [9.17, 15) is 4.79 Å². The van der Waals surface area contributed by atoms with Crippen LogP contribution in [0.2, 0.25) is 0 Å². The van der Waals surface area contributed by atoms with Crippen LogP contribution in [0.4, 0.5) is 0 Å². The van der Waals surface area contributed by atoms with Crippen LogP contribution in [-0.2, 0) is 4.79 Å². The molecule has 1 heterocycles. The second-order valence-corrected chi connectivity index (χ2v) is 4.55. The number of carboxylic acids is 1. The normalized spacial score (nSPS) is 19.3. The molecule has 1 rings (SSSR count). The summed E-state index contributed by atoms with van der Waals surface area (Å²) in [7, 11) is 0. The van der Waals surface area contributed by atoms with Gasteiger partial charge in [-0.05, 0) is 32.9 Å². The molecule has 4 heteroatoms. The fourth-order valence-corrected chi connectivity index (χ4v) is 1.97. The zero-order valence-electron chi connectivity index (χ0n) is 10.0. The van der Waals surface area contributed by atoms with Crippen LogP contribution in [0, 0.1) is 0 Å². The molecule has 1 aliphatic heterocycles. The van der Waals surface area contributed by atoms with Crippen LogP contribution in [-0.4, -0.2) is 48.2 Å². The number of hydrogen-bond donors (Lipinski definition) is 2. The van der Waals surface area contributed by atoms with E-state index >= 15 is 0 Å². The molecule has 0 spiro atoms. The molecule has 4 nitrogen and oxygen atoms in total. The van der Waals surface area contributed by atoms with E-state index in [4.69, 9.17) is 5.11 Å². The van der Waals surface area contributed by atoms with Crippen molar-refractivity contribution < 1.29 is 9.90 Å². The summed E-state index contributed by atoms with van der Waals surface area (Å²) in [5, 5.41) is 11.9. The first-order valence-electron chi connectivity index (χ1n) is 5.96. The van der Waals surface area contributed by atoms with Gasteiger partial charge in [-0.1, -0.05) is 13.0 Å². The summed E-state index contributed by atoms with van der Waals surface area (Å²) in [6.07, 6.45) is 3.91. The average Bonchev–Trinajstić information content (AvgIpc) is 2.27. The molecule has 1 unspecified atom stereocenters. The van der Waals surface area contributed by atoms with Crippen LogP contribution in [0.5, 0.6) is 0 Å². The number of likely N-dealkylation sites (tertiary alicyclic amines) is 1. The highest BCUT2D eigenvalue weighted by Crippen LogP contribution is 2.08. The molecule has 0 aromatic carbocycles. The number of nitrogens with one attached hydrogen (secondary N) is 1. The van der Waals surface area contributed by atoms with E-state index in [-0.39, 0.29) is 5.57 Å². The summed E-state index contributed by atoms with van der Waals surface area (Å²) >= 11 is 0. The number of carbonyl (C=O) groups is 1. The Balaban J connectivity index is 2.17. The third kappa shape index (κ3) is 4.77. The monoisotopic (exact) mass is 226 g/mol. The number of nitrogens with zero attached hydrogens (tertiary/aromatic N) is 1. The highest BCUT2D eigenvalue weighted by atomic mass is 16.4. The molecule has 0 aliphatic carbocycles. The van der Waals surface area contributed by atoms with E-state index in [1.807, 2.05) is 0 Å². The van der Waals surface area contributed by atoms with Gasteiger partial charge in [-0.3, -0.25) is 0 Å². The van der Waals surface area contributed by atoms with Gasteiger partial charge in [-0.15, -0.1) is 0 Å². The standard InChI is InChI=1S/C12H22N2O2/c1-10(12(15)16)8-13-11(2)9-14-6-4-3-5-7-14/h11,13H,1,3-9H2,2H3,(H,15,16). The summed E-state index contributed by atoms with van der Waals surface area (Å²) in [5.41, 5.74) is 0.227. The van der Waals surface area contributed by atoms with Gasteiger partial charge in [-0.2, -0.15) is 0 Å². The summed E-state index contributed by atoms with van der Waals surface area (Å²) in [4.78, 5) is 13.0. The van der Waals surface area contributed by atoms with Gasteiger partial charge in [-0.25, -0.2) is 4.79 Å². The summed E-state index contributed by atoms with van der Waals surface area (Å²) in [6, 6.07) is 0.314. The fraction of sp³-hybridized carbons (Fsp3) is 0.750. The smallest absolute Gasteiger partial charge is 0.332 e. The number of carboxylic acid groups (broad SMARTS) is 1. The van der Waals surface area contributed by atoms with Crippen molar-refractivity contribution in [1.82, 2.24) is 10.2 Å². The first-order chi connectivity index (χ1) is 7.59. The zero-order valence-corrected chi connectivity index (χ0v) is 10.0. The molecule has 1 atom stereocenters. The molecular formula is C12H22N2O2. The molecule has 0 radical (unpaired) electrons. The molecule has 0 saturated carbocycles. The predicted molar refractivity (Wildman–Crippen MR) is 64.5 cm³/mol.